The summed E-state index contributed by atoms with van der Waals surface area (Å²) in [7, 11) is 1.66. The second kappa shape index (κ2) is 4.95. The van der Waals surface area contributed by atoms with Gasteiger partial charge in [0.15, 0.2) is 5.82 Å². The van der Waals surface area contributed by atoms with Crippen LogP contribution < -0.4 is 5.32 Å². The highest BCUT2D eigenvalue weighted by Gasteiger charge is 2.09. The van der Waals surface area contributed by atoms with Gasteiger partial charge in [-0.2, -0.15) is 4.98 Å². The van der Waals surface area contributed by atoms with Crippen LogP contribution in [0, 0.1) is 0 Å². The van der Waals surface area contributed by atoms with Crippen LogP contribution in [0.2, 0.25) is 0 Å². The van der Waals surface area contributed by atoms with Gasteiger partial charge in [0, 0.05) is 19.6 Å². The second-order valence-electron chi connectivity index (χ2n) is 3.57. The molecular formula is C9H17N3O2. The van der Waals surface area contributed by atoms with Gasteiger partial charge in [-0.15, -0.1) is 0 Å². The Kier molecular flexibility index (Phi) is 3.88. The number of aromatic nitrogens is 2. The van der Waals surface area contributed by atoms with Crippen LogP contribution in [0.5, 0.6) is 0 Å². The summed E-state index contributed by atoms with van der Waals surface area (Å²) in [6, 6.07) is 0.765. The summed E-state index contributed by atoms with van der Waals surface area (Å²) in [6.07, 6.45) is 0.777. The van der Waals surface area contributed by atoms with E-state index in [-0.39, 0.29) is 6.10 Å². The van der Waals surface area contributed by atoms with Crippen LogP contribution in [0.3, 0.4) is 0 Å². The molecule has 1 rings (SSSR count). The molecule has 0 aliphatic rings. The lowest BCUT2D eigenvalue weighted by molar-refractivity contribution is 0.116. The molecule has 80 valence electrons. The van der Waals surface area contributed by atoms with Gasteiger partial charge in [0.2, 0.25) is 0 Å². The fraction of sp³-hybridized carbons (Fsp3) is 0.778. The van der Waals surface area contributed by atoms with Gasteiger partial charge in [0.25, 0.3) is 0 Å². The maximum atomic E-state index is 5.10. The Morgan fingerprint density at radius 2 is 2.14 bits per heavy atom. The molecule has 1 heterocycles. The van der Waals surface area contributed by atoms with Gasteiger partial charge in [0.05, 0.1) is 6.10 Å². The number of ether oxygens (including phenoxy) is 1. The molecule has 0 saturated carbocycles. The van der Waals surface area contributed by atoms with Crippen molar-refractivity contribution >= 4 is 6.01 Å². The lowest BCUT2D eigenvalue weighted by atomic mass is 10.3. The number of hydrogen-bond acceptors (Lipinski definition) is 5. The average Bonchev–Trinajstić information content (AvgIpc) is 2.51. The van der Waals surface area contributed by atoms with Crippen LogP contribution in [0.1, 0.15) is 26.6 Å². The van der Waals surface area contributed by atoms with Gasteiger partial charge >= 0.3 is 6.01 Å². The molecule has 0 saturated heterocycles. The Hall–Kier alpha value is -1.10. The summed E-state index contributed by atoms with van der Waals surface area (Å²) in [5, 5.41) is 6.86. The topological polar surface area (TPSA) is 60.2 Å². The van der Waals surface area contributed by atoms with E-state index in [9.17, 15) is 0 Å². The van der Waals surface area contributed by atoms with E-state index in [1.54, 1.807) is 7.11 Å². The molecule has 14 heavy (non-hydrogen) atoms. The van der Waals surface area contributed by atoms with E-state index >= 15 is 0 Å². The van der Waals surface area contributed by atoms with E-state index < -0.39 is 0 Å². The molecule has 0 aromatic carbocycles. The third-order valence-electron chi connectivity index (χ3n) is 1.75. The zero-order valence-corrected chi connectivity index (χ0v) is 9.07. The Labute approximate surface area is 83.8 Å². The van der Waals surface area contributed by atoms with Crippen LogP contribution in [0.15, 0.2) is 4.52 Å². The van der Waals surface area contributed by atoms with Gasteiger partial charge in [-0.25, -0.2) is 0 Å². The van der Waals surface area contributed by atoms with Crippen molar-refractivity contribution in [3.63, 3.8) is 0 Å². The fourth-order valence-corrected chi connectivity index (χ4v) is 0.983. The summed E-state index contributed by atoms with van der Waals surface area (Å²) < 4.78 is 10.1. The van der Waals surface area contributed by atoms with Gasteiger partial charge < -0.3 is 14.6 Å². The number of nitrogens with zero attached hydrogens (tertiary/aromatic N) is 2. The summed E-state index contributed by atoms with van der Waals surface area (Å²) in [4.78, 5) is 4.17. The van der Waals surface area contributed by atoms with Crippen molar-refractivity contribution < 1.29 is 9.26 Å². The van der Waals surface area contributed by atoms with Crippen LogP contribution in [0.25, 0.3) is 0 Å². The van der Waals surface area contributed by atoms with Crippen molar-refractivity contribution in [2.75, 3.05) is 12.4 Å². The van der Waals surface area contributed by atoms with Crippen molar-refractivity contribution in [2.45, 2.75) is 39.3 Å². The quantitative estimate of drug-likeness (QED) is 0.778. The molecule has 5 nitrogen and oxygen atoms in total. The first kappa shape index (κ1) is 11.0. The third-order valence-corrected chi connectivity index (χ3v) is 1.75. The number of anilines is 1. The van der Waals surface area contributed by atoms with Crippen molar-refractivity contribution in [3.8, 4) is 0 Å². The van der Waals surface area contributed by atoms with Gasteiger partial charge in [-0.3, -0.25) is 0 Å². The monoisotopic (exact) mass is 199 g/mol. The number of nitrogens with one attached hydrogen (secondary N) is 1. The highest BCUT2D eigenvalue weighted by Crippen LogP contribution is 2.07. The SMILES string of the molecule is COC(C)Cc1noc(NC(C)C)n1. The molecule has 0 aliphatic heterocycles. The van der Waals surface area contributed by atoms with Crippen molar-refractivity contribution in [1.82, 2.24) is 10.1 Å². The smallest absolute Gasteiger partial charge is 0.321 e. The van der Waals surface area contributed by atoms with E-state index in [0.717, 1.165) is 0 Å². The van der Waals surface area contributed by atoms with Crippen LogP contribution in [-0.2, 0) is 11.2 Å². The predicted molar refractivity (Wildman–Crippen MR) is 53.2 cm³/mol. The third kappa shape index (κ3) is 3.33. The van der Waals surface area contributed by atoms with Gasteiger partial charge in [-0.1, -0.05) is 5.16 Å². The molecule has 0 spiro atoms. The molecule has 1 unspecified atom stereocenters. The maximum absolute atomic E-state index is 5.10. The van der Waals surface area contributed by atoms with E-state index in [2.05, 4.69) is 15.5 Å². The molecule has 1 aromatic rings. The number of methoxy groups -OCH3 is 1. The molecule has 0 amide bonds. The van der Waals surface area contributed by atoms with Gasteiger partial charge in [-0.05, 0) is 20.8 Å². The Balaban J connectivity index is 2.50. The summed E-state index contributed by atoms with van der Waals surface area (Å²) >= 11 is 0. The Morgan fingerprint density at radius 3 is 2.71 bits per heavy atom. The summed E-state index contributed by atoms with van der Waals surface area (Å²) in [6.45, 7) is 6.00. The summed E-state index contributed by atoms with van der Waals surface area (Å²) in [5.74, 6) is 0.669. The summed E-state index contributed by atoms with van der Waals surface area (Å²) in [5.41, 5.74) is 0. The Morgan fingerprint density at radius 1 is 1.43 bits per heavy atom. The van der Waals surface area contributed by atoms with Crippen molar-refractivity contribution in [1.29, 1.82) is 0 Å². The molecular weight excluding hydrogens is 182 g/mol. The molecule has 1 aromatic heterocycles. The first-order valence-corrected chi connectivity index (χ1v) is 4.73. The van der Waals surface area contributed by atoms with E-state index in [4.69, 9.17) is 9.26 Å². The minimum Gasteiger partial charge on any atom is -0.381 e. The molecule has 0 aliphatic carbocycles. The maximum Gasteiger partial charge on any atom is 0.321 e. The van der Waals surface area contributed by atoms with Crippen LogP contribution >= 0.6 is 0 Å². The Bertz CT molecular complexity index is 273. The fourth-order valence-electron chi connectivity index (χ4n) is 0.983. The molecule has 0 fully saturated rings. The van der Waals surface area contributed by atoms with Crippen molar-refractivity contribution in [2.24, 2.45) is 0 Å². The van der Waals surface area contributed by atoms with Gasteiger partial charge in [0.1, 0.15) is 0 Å². The lowest BCUT2D eigenvalue weighted by Crippen LogP contribution is -2.11. The van der Waals surface area contributed by atoms with Crippen LogP contribution in [-0.4, -0.2) is 29.4 Å². The predicted octanol–water partition coefficient (Wildman–Crippen LogP) is 1.47. The highest BCUT2D eigenvalue weighted by molar-refractivity contribution is 5.19. The minimum absolute atomic E-state index is 0.111. The first-order chi connectivity index (χ1) is 6.61. The molecule has 1 atom stereocenters. The zero-order valence-electron chi connectivity index (χ0n) is 9.07. The van der Waals surface area contributed by atoms with E-state index in [1.807, 2.05) is 20.8 Å². The molecule has 0 radical (unpaired) electrons. The van der Waals surface area contributed by atoms with Crippen LogP contribution in [0.4, 0.5) is 6.01 Å². The molecule has 0 bridgehead atoms. The normalized spacial score (nSPS) is 13.2. The van der Waals surface area contributed by atoms with E-state index in [0.29, 0.717) is 24.3 Å². The second-order valence-corrected chi connectivity index (χ2v) is 3.57. The van der Waals surface area contributed by atoms with E-state index in [1.165, 1.54) is 0 Å². The zero-order chi connectivity index (χ0) is 10.6. The number of rotatable bonds is 5. The number of hydrogen-bond donors (Lipinski definition) is 1. The first-order valence-electron chi connectivity index (χ1n) is 4.73. The standard InChI is InChI=1S/C9H17N3O2/c1-6(2)10-9-11-8(12-14-9)5-7(3)13-4/h6-7H,5H2,1-4H3,(H,10,11,12). The highest BCUT2D eigenvalue weighted by atomic mass is 16.5. The largest absolute Gasteiger partial charge is 0.381 e. The average molecular weight is 199 g/mol. The van der Waals surface area contributed by atoms with Crippen molar-refractivity contribution in [3.05, 3.63) is 5.82 Å². The molecule has 1 N–H and O–H groups in total. The minimum atomic E-state index is 0.111. The molecule has 5 heteroatoms. The lowest BCUT2D eigenvalue weighted by Gasteiger charge is -2.04.